The first-order valence-electron chi connectivity index (χ1n) is 14.4. The Balaban J connectivity index is 1.80. The molecule has 3 aliphatic carbocycles. The van der Waals surface area contributed by atoms with Gasteiger partial charge in [-0.15, -0.1) is 0 Å². The molecule has 0 saturated heterocycles. The normalized spacial score (nSPS) is 35.3. The van der Waals surface area contributed by atoms with Gasteiger partial charge in [0.1, 0.15) is 0 Å². The Labute approximate surface area is 221 Å². The van der Waals surface area contributed by atoms with Crippen LogP contribution in [0, 0.1) is 34.0 Å². The minimum Gasteiger partial charge on any atom is -0.408 e. The molecule has 4 bridgehead atoms. The van der Waals surface area contributed by atoms with E-state index in [1.807, 2.05) is 0 Å². The highest BCUT2D eigenvalue weighted by atomic mass is 28.4. The van der Waals surface area contributed by atoms with Crippen molar-refractivity contribution in [2.75, 3.05) is 13.2 Å². The van der Waals surface area contributed by atoms with Crippen LogP contribution in [0.15, 0.2) is 30.3 Å². The van der Waals surface area contributed by atoms with Crippen molar-refractivity contribution in [3.8, 4) is 6.07 Å². The molecule has 4 nitrogen and oxygen atoms in total. The predicted molar refractivity (Wildman–Crippen MR) is 148 cm³/mol. The summed E-state index contributed by atoms with van der Waals surface area (Å²) in [4.78, 5) is 0. The molecule has 0 radical (unpaired) electrons. The number of nitrogens with zero attached hydrogens (tertiary/aromatic N) is 1. The standard InChI is InChI=1S/C31H49NO3Si/c1-9-33-16-15-29-17-25(8)30(21-32)18-27(29)28(34-20-26-13-11-10-12-14-26)19-31(29,30)35-36(22(2)3,23(4)5)24(6)7/h10-14,22-25,27-28H,9,15-20H2,1-8H3/t25-,27-,28+,29-,30+,31-/m1/s1. The van der Waals surface area contributed by atoms with E-state index in [4.69, 9.17) is 13.9 Å². The van der Waals surface area contributed by atoms with Crippen LogP contribution in [0.2, 0.25) is 16.6 Å². The van der Waals surface area contributed by atoms with Crippen LogP contribution in [0.1, 0.15) is 86.6 Å². The molecule has 3 aliphatic rings. The zero-order chi connectivity index (χ0) is 26.4. The van der Waals surface area contributed by atoms with E-state index in [0.717, 1.165) is 38.9 Å². The molecule has 0 spiro atoms. The van der Waals surface area contributed by atoms with Crippen LogP contribution in [-0.2, 0) is 20.5 Å². The van der Waals surface area contributed by atoms with Crippen LogP contribution < -0.4 is 0 Å². The average molecular weight is 512 g/mol. The first-order valence-corrected chi connectivity index (χ1v) is 16.6. The van der Waals surface area contributed by atoms with Crippen molar-refractivity contribution in [3.05, 3.63) is 35.9 Å². The van der Waals surface area contributed by atoms with E-state index in [1.165, 1.54) is 5.56 Å². The van der Waals surface area contributed by atoms with Crippen LogP contribution >= 0.6 is 0 Å². The molecule has 0 amide bonds. The van der Waals surface area contributed by atoms with E-state index < -0.39 is 19.3 Å². The number of hydrogen-bond donors (Lipinski definition) is 0. The van der Waals surface area contributed by atoms with Gasteiger partial charge in [-0.05, 0) is 60.2 Å². The Morgan fingerprint density at radius 3 is 2.19 bits per heavy atom. The first-order chi connectivity index (χ1) is 17.1. The highest BCUT2D eigenvalue weighted by Gasteiger charge is 2.85. The van der Waals surface area contributed by atoms with Gasteiger partial charge in [-0.3, -0.25) is 0 Å². The van der Waals surface area contributed by atoms with E-state index in [-0.39, 0.29) is 11.5 Å². The molecule has 4 rings (SSSR count). The molecule has 0 unspecified atom stereocenters. The van der Waals surface area contributed by atoms with Gasteiger partial charge >= 0.3 is 0 Å². The second-order valence-electron chi connectivity index (χ2n) is 12.9. The van der Waals surface area contributed by atoms with Gasteiger partial charge in [0.2, 0.25) is 8.32 Å². The molecule has 0 aliphatic heterocycles. The third kappa shape index (κ3) is 3.77. The summed E-state index contributed by atoms with van der Waals surface area (Å²) >= 11 is 0. The first kappa shape index (κ1) is 27.8. The number of nitriles is 1. The summed E-state index contributed by atoms with van der Waals surface area (Å²) in [6.45, 7) is 20.7. The van der Waals surface area contributed by atoms with Crippen LogP contribution in [0.4, 0.5) is 0 Å². The lowest BCUT2D eigenvalue weighted by Crippen LogP contribution is -2.61. The number of rotatable bonds is 12. The maximum Gasteiger partial charge on any atom is 0.201 e. The molecule has 3 saturated carbocycles. The van der Waals surface area contributed by atoms with E-state index in [1.54, 1.807) is 0 Å². The van der Waals surface area contributed by atoms with Crippen LogP contribution in [0.25, 0.3) is 0 Å². The molecule has 1 aromatic carbocycles. The smallest absolute Gasteiger partial charge is 0.201 e. The van der Waals surface area contributed by atoms with E-state index >= 15 is 0 Å². The van der Waals surface area contributed by atoms with Crippen molar-refractivity contribution in [2.45, 2.75) is 116 Å². The molecular formula is C31H49NO3Si. The molecule has 200 valence electrons. The highest BCUT2D eigenvalue weighted by Crippen LogP contribution is 2.81. The lowest BCUT2D eigenvalue weighted by Gasteiger charge is -2.54. The fourth-order valence-corrected chi connectivity index (χ4v) is 15.1. The van der Waals surface area contributed by atoms with E-state index in [9.17, 15) is 5.26 Å². The van der Waals surface area contributed by atoms with Gasteiger partial charge in [-0.25, -0.2) is 0 Å². The molecule has 0 N–H and O–H groups in total. The van der Waals surface area contributed by atoms with Crippen LogP contribution in [0.5, 0.6) is 0 Å². The highest BCUT2D eigenvalue weighted by molar-refractivity contribution is 6.77. The van der Waals surface area contributed by atoms with Crippen LogP contribution in [0.3, 0.4) is 0 Å². The largest absolute Gasteiger partial charge is 0.408 e. The maximum absolute atomic E-state index is 10.9. The van der Waals surface area contributed by atoms with Crippen molar-refractivity contribution in [1.29, 1.82) is 5.26 Å². The molecule has 6 atom stereocenters. The lowest BCUT2D eigenvalue weighted by atomic mass is 9.65. The SMILES string of the molecule is CCOCC[C@@]12C[C@@H](C)[C@@]3(C#N)C[C@@H]1[C@@H](OCc1ccccc1)C[C@@]23O[Si](C(C)C)(C(C)C)C(C)C. The molecule has 0 heterocycles. The quantitative estimate of drug-likeness (QED) is 0.211. The van der Waals surface area contributed by atoms with Gasteiger partial charge < -0.3 is 13.9 Å². The zero-order valence-electron chi connectivity index (χ0n) is 24.0. The maximum atomic E-state index is 10.9. The van der Waals surface area contributed by atoms with Crippen LogP contribution in [-0.4, -0.2) is 33.2 Å². The Hall–Kier alpha value is -1.19. The van der Waals surface area contributed by atoms with Crippen molar-refractivity contribution in [3.63, 3.8) is 0 Å². The second-order valence-corrected chi connectivity index (χ2v) is 18.3. The topological polar surface area (TPSA) is 51.5 Å². The van der Waals surface area contributed by atoms with Crippen molar-refractivity contribution in [1.82, 2.24) is 0 Å². The number of hydrogen-bond acceptors (Lipinski definition) is 4. The Morgan fingerprint density at radius 1 is 1.00 bits per heavy atom. The number of benzene rings is 1. The van der Waals surface area contributed by atoms with E-state index in [0.29, 0.717) is 35.1 Å². The summed E-state index contributed by atoms with van der Waals surface area (Å²) < 4.78 is 20.6. The predicted octanol–water partition coefficient (Wildman–Crippen LogP) is 7.89. The monoisotopic (exact) mass is 511 g/mol. The summed E-state index contributed by atoms with van der Waals surface area (Å²) in [7, 11) is -2.25. The van der Waals surface area contributed by atoms with Crippen molar-refractivity contribution in [2.24, 2.45) is 22.7 Å². The fourth-order valence-electron chi connectivity index (χ4n) is 9.36. The summed E-state index contributed by atoms with van der Waals surface area (Å²) in [5.74, 6) is 0.671. The fraction of sp³-hybridized carbons (Fsp3) is 0.774. The van der Waals surface area contributed by atoms with E-state index in [2.05, 4.69) is 91.8 Å². The molecule has 1 aromatic rings. The zero-order valence-corrected chi connectivity index (χ0v) is 25.0. The van der Waals surface area contributed by atoms with Gasteiger partial charge in [0.15, 0.2) is 0 Å². The molecule has 3 fully saturated rings. The minimum atomic E-state index is -2.25. The summed E-state index contributed by atoms with van der Waals surface area (Å²) in [6.07, 6.45) is 3.87. The molecule has 36 heavy (non-hydrogen) atoms. The molecule has 0 aromatic heterocycles. The van der Waals surface area contributed by atoms with Gasteiger partial charge in [0.25, 0.3) is 0 Å². The molecular weight excluding hydrogens is 462 g/mol. The minimum absolute atomic E-state index is 0.0599. The summed E-state index contributed by atoms with van der Waals surface area (Å²) in [5.41, 5.74) is 1.69. The average Bonchev–Trinajstić information content (AvgIpc) is 3.30. The molecule has 5 heteroatoms. The van der Waals surface area contributed by atoms with Gasteiger partial charge in [-0.1, -0.05) is 78.8 Å². The Morgan fingerprint density at radius 2 is 1.64 bits per heavy atom. The number of ether oxygens (including phenoxy) is 2. The lowest BCUT2D eigenvalue weighted by molar-refractivity contribution is -0.0891. The second kappa shape index (κ2) is 10.2. The third-order valence-corrected chi connectivity index (χ3v) is 16.8. The Bertz CT molecular complexity index is 921. The van der Waals surface area contributed by atoms with Gasteiger partial charge in [-0.2, -0.15) is 5.26 Å². The van der Waals surface area contributed by atoms with Gasteiger partial charge in [0.05, 0.1) is 29.8 Å². The van der Waals surface area contributed by atoms with Gasteiger partial charge in [0, 0.05) is 25.0 Å². The van der Waals surface area contributed by atoms with Crippen molar-refractivity contribution < 1.29 is 13.9 Å². The summed E-state index contributed by atoms with van der Waals surface area (Å²) in [6, 6.07) is 13.4. The summed E-state index contributed by atoms with van der Waals surface area (Å²) in [5, 5.41) is 10.9. The van der Waals surface area contributed by atoms with Crippen molar-refractivity contribution >= 4 is 8.32 Å². The third-order valence-electron chi connectivity index (χ3n) is 10.7. The Kier molecular flexibility index (Phi) is 7.86.